The van der Waals surface area contributed by atoms with Crippen LogP contribution in [0, 0.1) is 17.2 Å². The van der Waals surface area contributed by atoms with Gasteiger partial charge in [0.15, 0.2) is 0 Å². The second-order valence-corrected chi connectivity index (χ2v) is 5.69. The van der Waals surface area contributed by atoms with E-state index in [1.54, 1.807) is 0 Å². The summed E-state index contributed by atoms with van der Waals surface area (Å²) in [6, 6.07) is 7.99. The van der Waals surface area contributed by atoms with Crippen LogP contribution in [-0.4, -0.2) is 26.8 Å². The van der Waals surface area contributed by atoms with Gasteiger partial charge >= 0.3 is 0 Å². The van der Waals surface area contributed by atoms with Crippen LogP contribution in [0.5, 0.6) is 0 Å². The molecule has 1 atom stereocenters. The zero-order valence-electron chi connectivity index (χ0n) is 10.5. The molecule has 1 aliphatic heterocycles. The Labute approximate surface area is 116 Å². The molecule has 0 aromatic heterocycles. The van der Waals surface area contributed by atoms with Crippen molar-refractivity contribution in [3.8, 4) is 6.07 Å². The normalized spacial score (nSPS) is 19.3. The maximum atomic E-state index is 8.98. The van der Waals surface area contributed by atoms with Gasteiger partial charge in [-0.05, 0) is 37.0 Å². The molecule has 1 aromatic rings. The number of rotatable bonds is 3. The first-order valence-electron chi connectivity index (χ1n) is 6.18. The lowest BCUT2D eigenvalue weighted by Crippen LogP contribution is -2.30. The Morgan fingerprint density at radius 1 is 1.50 bits per heavy atom. The lowest BCUT2D eigenvalue weighted by Gasteiger charge is -2.28. The van der Waals surface area contributed by atoms with Crippen LogP contribution >= 0.6 is 15.9 Å². The summed E-state index contributed by atoms with van der Waals surface area (Å²) >= 11 is 3.44. The van der Waals surface area contributed by atoms with E-state index in [1.807, 2.05) is 18.2 Å². The van der Waals surface area contributed by atoms with Gasteiger partial charge in [0.05, 0.1) is 18.2 Å². The molecule has 4 heteroatoms. The quantitative estimate of drug-likeness (QED) is 0.860. The fraction of sp³-hybridized carbons (Fsp3) is 0.500. The molecule has 1 unspecified atom stereocenters. The molecule has 1 aromatic carbocycles. The van der Waals surface area contributed by atoms with E-state index in [9.17, 15) is 0 Å². The Balaban J connectivity index is 2.05. The van der Waals surface area contributed by atoms with Crippen LogP contribution < -0.4 is 4.90 Å². The van der Waals surface area contributed by atoms with E-state index >= 15 is 0 Å². The van der Waals surface area contributed by atoms with E-state index < -0.39 is 0 Å². The highest BCUT2D eigenvalue weighted by Gasteiger charge is 2.16. The Hall–Kier alpha value is -1.05. The van der Waals surface area contributed by atoms with Crippen LogP contribution in [0.25, 0.3) is 0 Å². The summed E-state index contributed by atoms with van der Waals surface area (Å²) in [6.07, 6.45) is 2.38. The minimum Gasteiger partial charge on any atom is -0.381 e. The predicted molar refractivity (Wildman–Crippen MR) is 75.7 cm³/mol. The average Bonchev–Trinajstić information content (AvgIpc) is 2.39. The number of nitrogens with zero attached hydrogens (tertiary/aromatic N) is 2. The summed E-state index contributed by atoms with van der Waals surface area (Å²) in [5.74, 6) is 0.591. The van der Waals surface area contributed by atoms with Gasteiger partial charge in [-0.15, -0.1) is 0 Å². The summed E-state index contributed by atoms with van der Waals surface area (Å²) in [5.41, 5.74) is 1.76. The van der Waals surface area contributed by atoms with Gasteiger partial charge in [-0.25, -0.2) is 0 Å². The minimum absolute atomic E-state index is 0.591. The van der Waals surface area contributed by atoms with Gasteiger partial charge in [-0.1, -0.05) is 15.9 Å². The molecular weight excluding hydrogens is 292 g/mol. The van der Waals surface area contributed by atoms with Crippen LogP contribution in [-0.2, 0) is 4.74 Å². The van der Waals surface area contributed by atoms with Crippen LogP contribution in [0.2, 0.25) is 0 Å². The van der Waals surface area contributed by atoms with Crippen LogP contribution in [0.4, 0.5) is 5.69 Å². The van der Waals surface area contributed by atoms with E-state index in [2.05, 4.69) is 33.9 Å². The lowest BCUT2D eigenvalue weighted by molar-refractivity contribution is 0.0576. The van der Waals surface area contributed by atoms with E-state index in [1.165, 1.54) is 6.42 Å². The Morgan fingerprint density at radius 3 is 3.00 bits per heavy atom. The second-order valence-electron chi connectivity index (χ2n) is 4.77. The molecule has 0 N–H and O–H groups in total. The van der Waals surface area contributed by atoms with Crippen molar-refractivity contribution in [3.05, 3.63) is 28.2 Å². The second kappa shape index (κ2) is 6.21. The molecular formula is C14H17BrN2O. The molecule has 0 aliphatic carbocycles. The topological polar surface area (TPSA) is 36.3 Å². The Morgan fingerprint density at radius 2 is 2.33 bits per heavy atom. The predicted octanol–water partition coefficient (Wildman–Crippen LogP) is 3.18. The monoisotopic (exact) mass is 308 g/mol. The number of nitriles is 1. The molecule has 0 amide bonds. The third-order valence-electron chi connectivity index (χ3n) is 3.24. The van der Waals surface area contributed by atoms with Crippen molar-refractivity contribution in [3.63, 3.8) is 0 Å². The molecule has 2 rings (SSSR count). The largest absolute Gasteiger partial charge is 0.381 e. The highest BCUT2D eigenvalue weighted by atomic mass is 79.9. The van der Waals surface area contributed by atoms with Crippen molar-refractivity contribution in [1.82, 2.24) is 0 Å². The van der Waals surface area contributed by atoms with Gasteiger partial charge in [-0.3, -0.25) is 0 Å². The van der Waals surface area contributed by atoms with Crippen molar-refractivity contribution >= 4 is 21.6 Å². The molecule has 1 aliphatic rings. The van der Waals surface area contributed by atoms with Gasteiger partial charge in [0, 0.05) is 30.4 Å². The first kappa shape index (κ1) is 13.4. The van der Waals surface area contributed by atoms with Gasteiger partial charge in [0.25, 0.3) is 0 Å². The molecule has 1 saturated heterocycles. The van der Waals surface area contributed by atoms with Crippen molar-refractivity contribution in [1.29, 1.82) is 5.26 Å². The maximum Gasteiger partial charge on any atom is 0.0992 e. The van der Waals surface area contributed by atoms with Crippen molar-refractivity contribution in [2.75, 3.05) is 31.7 Å². The van der Waals surface area contributed by atoms with Crippen LogP contribution in [0.1, 0.15) is 18.4 Å². The minimum atomic E-state index is 0.591. The number of ether oxygens (including phenoxy) is 1. The molecule has 1 heterocycles. The van der Waals surface area contributed by atoms with E-state index in [4.69, 9.17) is 10.00 Å². The van der Waals surface area contributed by atoms with Gasteiger partial charge in [0.1, 0.15) is 0 Å². The first-order chi connectivity index (χ1) is 8.69. The maximum absolute atomic E-state index is 8.98. The zero-order valence-corrected chi connectivity index (χ0v) is 12.1. The van der Waals surface area contributed by atoms with Gasteiger partial charge in [-0.2, -0.15) is 5.26 Å². The standard InChI is InChI=1S/C14H17BrN2O/c1-17(9-11-3-2-4-18-10-11)14-6-12(8-16)5-13(15)7-14/h5-7,11H,2-4,9-10H2,1H3. The average molecular weight is 309 g/mol. The zero-order chi connectivity index (χ0) is 13.0. The lowest BCUT2D eigenvalue weighted by atomic mass is 10.0. The summed E-state index contributed by atoms with van der Waals surface area (Å²) in [4.78, 5) is 2.20. The fourth-order valence-electron chi connectivity index (χ4n) is 2.30. The number of halogens is 1. The van der Waals surface area contributed by atoms with E-state index in [0.29, 0.717) is 11.5 Å². The van der Waals surface area contributed by atoms with Crippen LogP contribution in [0.15, 0.2) is 22.7 Å². The van der Waals surface area contributed by atoms with Gasteiger partial charge in [0.2, 0.25) is 0 Å². The van der Waals surface area contributed by atoms with E-state index in [-0.39, 0.29) is 0 Å². The molecule has 3 nitrogen and oxygen atoms in total. The van der Waals surface area contributed by atoms with Crippen LogP contribution in [0.3, 0.4) is 0 Å². The van der Waals surface area contributed by atoms with Crippen molar-refractivity contribution in [2.45, 2.75) is 12.8 Å². The molecule has 0 saturated carbocycles. The third-order valence-corrected chi connectivity index (χ3v) is 3.70. The molecule has 96 valence electrons. The molecule has 0 radical (unpaired) electrons. The van der Waals surface area contributed by atoms with Gasteiger partial charge < -0.3 is 9.64 Å². The number of hydrogen-bond donors (Lipinski definition) is 0. The molecule has 18 heavy (non-hydrogen) atoms. The highest BCUT2D eigenvalue weighted by molar-refractivity contribution is 9.10. The third kappa shape index (κ3) is 3.47. The summed E-state index contributed by atoms with van der Waals surface area (Å²) in [7, 11) is 2.07. The SMILES string of the molecule is CN(CC1CCCOC1)c1cc(Br)cc(C#N)c1. The van der Waals surface area contributed by atoms with Crippen molar-refractivity contribution in [2.24, 2.45) is 5.92 Å². The number of hydrogen-bond acceptors (Lipinski definition) is 3. The Kier molecular flexibility index (Phi) is 4.62. The smallest absolute Gasteiger partial charge is 0.0992 e. The first-order valence-corrected chi connectivity index (χ1v) is 6.98. The summed E-state index contributed by atoms with van der Waals surface area (Å²) in [5, 5.41) is 8.98. The summed E-state index contributed by atoms with van der Waals surface area (Å²) < 4.78 is 6.45. The molecule has 0 spiro atoms. The molecule has 1 fully saturated rings. The highest BCUT2D eigenvalue weighted by Crippen LogP contribution is 2.24. The fourth-order valence-corrected chi connectivity index (χ4v) is 2.78. The van der Waals surface area contributed by atoms with Crippen molar-refractivity contribution < 1.29 is 4.74 Å². The van der Waals surface area contributed by atoms with E-state index in [0.717, 1.165) is 36.3 Å². The Bertz CT molecular complexity index is 450. The number of anilines is 1. The summed E-state index contributed by atoms with van der Waals surface area (Å²) in [6.45, 7) is 2.72. The molecule has 0 bridgehead atoms. The number of benzene rings is 1.